The third-order valence-corrected chi connectivity index (χ3v) is 3.67. The second kappa shape index (κ2) is 7.67. The van der Waals surface area contributed by atoms with Crippen molar-refractivity contribution in [2.75, 3.05) is 19.7 Å². The molecule has 0 bridgehead atoms. The Labute approximate surface area is 125 Å². The Hall–Kier alpha value is -2.04. The number of ether oxygens (including phenoxy) is 1. The van der Waals surface area contributed by atoms with Gasteiger partial charge in [-0.15, -0.1) is 0 Å². The van der Waals surface area contributed by atoms with Crippen molar-refractivity contribution < 1.29 is 14.3 Å². The van der Waals surface area contributed by atoms with Crippen LogP contribution in [0.3, 0.4) is 0 Å². The van der Waals surface area contributed by atoms with Crippen molar-refractivity contribution in [2.24, 2.45) is 0 Å². The molecule has 1 N–H and O–H groups in total. The summed E-state index contributed by atoms with van der Waals surface area (Å²) in [6.07, 6.45) is 3.25. The van der Waals surface area contributed by atoms with Gasteiger partial charge in [-0.05, 0) is 38.3 Å². The third kappa shape index (κ3) is 4.77. The first-order valence-corrected chi connectivity index (χ1v) is 7.41. The van der Waals surface area contributed by atoms with Gasteiger partial charge in [0, 0.05) is 12.6 Å². The van der Waals surface area contributed by atoms with Crippen molar-refractivity contribution >= 4 is 11.8 Å². The van der Waals surface area contributed by atoms with Gasteiger partial charge in [-0.1, -0.05) is 18.2 Å². The lowest BCUT2D eigenvalue weighted by Crippen LogP contribution is -2.47. The number of likely N-dealkylation sites (tertiary alicyclic amines) is 1. The maximum absolute atomic E-state index is 12.1. The maximum Gasteiger partial charge on any atom is 0.258 e. The second-order valence-electron chi connectivity index (χ2n) is 5.31. The van der Waals surface area contributed by atoms with Crippen LogP contribution >= 0.6 is 0 Å². The van der Waals surface area contributed by atoms with E-state index in [4.69, 9.17) is 4.74 Å². The van der Waals surface area contributed by atoms with Crippen molar-refractivity contribution in [3.63, 3.8) is 0 Å². The van der Waals surface area contributed by atoms with E-state index in [1.54, 1.807) is 12.1 Å². The van der Waals surface area contributed by atoms with Crippen molar-refractivity contribution in [3.05, 3.63) is 30.3 Å². The molecular weight excluding hydrogens is 268 g/mol. The number of carbonyl (C=O) groups is 2. The zero-order valence-electron chi connectivity index (χ0n) is 12.4. The van der Waals surface area contributed by atoms with Crippen molar-refractivity contribution in [1.29, 1.82) is 0 Å². The molecule has 0 radical (unpaired) electrons. The monoisotopic (exact) mass is 290 g/mol. The van der Waals surface area contributed by atoms with Crippen LogP contribution in [-0.2, 0) is 9.59 Å². The van der Waals surface area contributed by atoms with Crippen molar-refractivity contribution in [1.82, 2.24) is 10.2 Å². The molecule has 5 nitrogen and oxygen atoms in total. The van der Waals surface area contributed by atoms with Gasteiger partial charge in [0.1, 0.15) is 5.75 Å². The normalized spacial score (nSPS) is 18.1. The summed E-state index contributed by atoms with van der Waals surface area (Å²) in [6.45, 7) is 2.81. The fourth-order valence-electron chi connectivity index (χ4n) is 2.46. The van der Waals surface area contributed by atoms with Gasteiger partial charge in [-0.25, -0.2) is 0 Å². The molecule has 0 aromatic heterocycles. The highest BCUT2D eigenvalue weighted by Crippen LogP contribution is 2.16. The fraction of sp³-hybridized carbons (Fsp3) is 0.500. The number of piperidine rings is 1. The first-order chi connectivity index (χ1) is 10.2. The molecule has 1 aromatic rings. The summed E-state index contributed by atoms with van der Waals surface area (Å²) < 4.78 is 5.33. The molecule has 0 aliphatic carbocycles. The number of nitrogens with one attached hydrogen (secondary N) is 1. The zero-order valence-corrected chi connectivity index (χ0v) is 12.4. The molecule has 1 heterocycles. The van der Waals surface area contributed by atoms with Gasteiger partial charge in [0.2, 0.25) is 5.91 Å². The van der Waals surface area contributed by atoms with E-state index in [1.807, 2.05) is 23.1 Å². The topological polar surface area (TPSA) is 58.6 Å². The van der Waals surface area contributed by atoms with Gasteiger partial charge in [0.25, 0.3) is 5.91 Å². The minimum absolute atomic E-state index is 0.0183. The SMILES string of the molecule is CC1CCCCN1C(=O)CNC(=O)COc1ccccc1. The predicted molar refractivity (Wildman–Crippen MR) is 80.0 cm³/mol. The van der Waals surface area contributed by atoms with Gasteiger partial charge < -0.3 is 15.0 Å². The van der Waals surface area contributed by atoms with Crippen LogP contribution in [0, 0.1) is 0 Å². The Kier molecular flexibility index (Phi) is 5.60. The number of amides is 2. The van der Waals surface area contributed by atoms with Crippen LogP contribution in [0.4, 0.5) is 0 Å². The standard InChI is InChI=1S/C16H22N2O3/c1-13-7-5-6-10-18(13)16(20)11-17-15(19)12-21-14-8-3-2-4-9-14/h2-4,8-9,13H,5-7,10-12H2,1H3,(H,17,19). The first kappa shape index (κ1) is 15.4. The highest BCUT2D eigenvalue weighted by Gasteiger charge is 2.23. The minimum atomic E-state index is -0.281. The minimum Gasteiger partial charge on any atom is -0.484 e. The molecule has 1 atom stereocenters. The molecule has 1 aliphatic rings. The number of benzene rings is 1. The first-order valence-electron chi connectivity index (χ1n) is 7.41. The van der Waals surface area contributed by atoms with Gasteiger partial charge >= 0.3 is 0 Å². The molecule has 1 aromatic carbocycles. The lowest BCUT2D eigenvalue weighted by atomic mass is 10.0. The Morgan fingerprint density at radius 1 is 1.29 bits per heavy atom. The molecule has 1 unspecified atom stereocenters. The van der Waals surface area contributed by atoms with Crippen LogP contribution in [0.5, 0.6) is 5.75 Å². The van der Waals surface area contributed by atoms with Crippen LogP contribution in [0.15, 0.2) is 30.3 Å². The van der Waals surface area contributed by atoms with Crippen molar-refractivity contribution in [2.45, 2.75) is 32.2 Å². The zero-order chi connectivity index (χ0) is 15.1. The van der Waals surface area contributed by atoms with Gasteiger partial charge in [-0.2, -0.15) is 0 Å². The summed E-state index contributed by atoms with van der Waals surface area (Å²) >= 11 is 0. The van der Waals surface area contributed by atoms with E-state index in [0.717, 1.165) is 19.4 Å². The van der Waals surface area contributed by atoms with Crippen LogP contribution < -0.4 is 10.1 Å². The Balaban J connectivity index is 1.69. The number of carbonyl (C=O) groups excluding carboxylic acids is 2. The molecule has 1 saturated heterocycles. The smallest absolute Gasteiger partial charge is 0.258 e. The van der Waals surface area contributed by atoms with E-state index in [0.29, 0.717) is 5.75 Å². The second-order valence-corrected chi connectivity index (χ2v) is 5.31. The highest BCUT2D eigenvalue weighted by molar-refractivity contribution is 5.85. The van der Waals surface area contributed by atoms with Crippen molar-refractivity contribution in [3.8, 4) is 5.75 Å². The molecule has 114 valence electrons. The Morgan fingerprint density at radius 3 is 2.76 bits per heavy atom. The van der Waals surface area contributed by atoms with E-state index >= 15 is 0 Å². The lowest BCUT2D eigenvalue weighted by Gasteiger charge is -2.33. The quantitative estimate of drug-likeness (QED) is 0.895. The Morgan fingerprint density at radius 2 is 2.05 bits per heavy atom. The number of nitrogens with zero attached hydrogens (tertiary/aromatic N) is 1. The van der Waals surface area contributed by atoms with E-state index in [-0.39, 0.29) is 31.0 Å². The maximum atomic E-state index is 12.1. The van der Waals surface area contributed by atoms with Gasteiger partial charge in [0.05, 0.1) is 6.54 Å². The molecule has 0 spiro atoms. The largest absolute Gasteiger partial charge is 0.484 e. The number of hydrogen-bond donors (Lipinski definition) is 1. The van der Waals surface area contributed by atoms with Gasteiger partial charge in [-0.3, -0.25) is 9.59 Å². The van der Waals surface area contributed by atoms with Crippen LogP contribution in [-0.4, -0.2) is 42.5 Å². The Bertz CT molecular complexity index is 476. The number of rotatable bonds is 5. The third-order valence-electron chi connectivity index (χ3n) is 3.67. The van der Waals surface area contributed by atoms with E-state index < -0.39 is 0 Å². The average molecular weight is 290 g/mol. The van der Waals surface area contributed by atoms with Crippen LogP contribution in [0.25, 0.3) is 0 Å². The van der Waals surface area contributed by atoms with Crippen LogP contribution in [0.2, 0.25) is 0 Å². The van der Waals surface area contributed by atoms with E-state index in [1.165, 1.54) is 6.42 Å². The average Bonchev–Trinajstić information content (AvgIpc) is 2.52. The summed E-state index contributed by atoms with van der Waals surface area (Å²) in [6, 6.07) is 9.40. The highest BCUT2D eigenvalue weighted by atomic mass is 16.5. The van der Waals surface area contributed by atoms with Crippen LogP contribution in [0.1, 0.15) is 26.2 Å². The summed E-state index contributed by atoms with van der Waals surface area (Å²) in [5.41, 5.74) is 0. The summed E-state index contributed by atoms with van der Waals surface area (Å²) in [5.74, 6) is 0.343. The molecule has 2 rings (SSSR count). The fourth-order valence-corrected chi connectivity index (χ4v) is 2.46. The lowest BCUT2D eigenvalue weighted by molar-refractivity contribution is -0.135. The summed E-state index contributed by atoms with van der Waals surface area (Å²) in [4.78, 5) is 25.6. The molecule has 1 fully saturated rings. The predicted octanol–water partition coefficient (Wildman–Crippen LogP) is 1.58. The number of para-hydroxylation sites is 1. The molecule has 0 saturated carbocycles. The summed E-state index contributed by atoms with van der Waals surface area (Å²) in [5, 5.41) is 2.62. The molecule has 2 amide bonds. The number of hydrogen-bond acceptors (Lipinski definition) is 3. The molecular formula is C16H22N2O3. The van der Waals surface area contributed by atoms with Gasteiger partial charge in [0.15, 0.2) is 6.61 Å². The molecule has 21 heavy (non-hydrogen) atoms. The molecule has 1 aliphatic heterocycles. The van der Waals surface area contributed by atoms with E-state index in [2.05, 4.69) is 12.2 Å². The molecule has 5 heteroatoms. The summed E-state index contributed by atoms with van der Waals surface area (Å²) in [7, 11) is 0. The van der Waals surface area contributed by atoms with E-state index in [9.17, 15) is 9.59 Å².